The van der Waals surface area contributed by atoms with Crippen LogP contribution in [0.3, 0.4) is 0 Å². The Morgan fingerprint density at radius 2 is 1.96 bits per heavy atom. The number of nitrogens with one attached hydrogen (secondary N) is 1. The molecule has 1 amide bonds. The summed E-state index contributed by atoms with van der Waals surface area (Å²) in [5.74, 6) is 0.875. The van der Waals surface area contributed by atoms with E-state index in [0.717, 1.165) is 11.3 Å². The van der Waals surface area contributed by atoms with Crippen LogP contribution in [0.25, 0.3) is 5.69 Å². The summed E-state index contributed by atoms with van der Waals surface area (Å²) in [6.07, 6.45) is 3.26. The predicted octanol–water partition coefficient (Wildman–Crippen LogP) is 2.08. The van der Waals surface area contributed by atoms with Crippen molar-refractivity contribution in [1.29, 1.82) is 0 Å². The number of aromatic nitrogens is 3. The lowest BCUT2D eigenvalue weighted by Gasteiger charge is -2.08. The first-order valence-corrected chi connectivity index (χ1v) is 9.47. The molecule has 1 aromatic heterocycles. The molecule has 0 aliphatic rings. The van der Waals surface area contributed by atoms with Gasteiger partial charge in [-0.3, -0.25) is 13.6 Å². The molecule has 0 spiro atoms. The monoisotopic (exact) mass is 354 g/mol. The van der Waals surface area contributed by atoms with Crippen LogP contribution in [0.4, 0.5) is 0 Å². The molecule has 0 saturated heterocycles. The third-order valence-electron chi connectivity index (χ3n) is 3.62. The highest BCUT2D eigenvalue weighted by molar-refractivity contribution is 7.83. The lowest BCUT2D eigenvalue weighted by Crippen LogP contribution is -2.24. The lowest BCUT2D eigenvalue weighted by molar-refractivity contribution is 0.0949. The smallest absolute Gasteiger partial charge is 0.251 e. The molecule has 1 N–H and O–H groups in total. The van der Waals surface area contributed by atoms with E-state index in [1.807, 2.05) is 41.0 Å². The number of amides is 1. The van der Waals surface area contributed by atoms with Crippen molar-refractivity contribution in [1.82, 2.24) is 20.1 Å². The van der Waals surface area contributed by atoms with E-state index in [4.69, 9.17) is 0 Å². The van der Waals surface area contributed by atoms with E-state index in [1.165, 1.54) is 0 Å². The van der Waals surface area contributed by atoms with E-state index < -0.39 is 10.8 Å². The van der Waals surface area contributed by atoms with Gasteiger partial charge in [0.05, 0.1) is 6.54 Å². The van der Waals surface area contributed by atoms with Crippen molar-refractivity contribution in [3.63, 3.8) is 0 Å². The minimum Gasteiger partial charge on any atom is -0.345 e. The van der Waals surface area contributed by atoms with E-state index in [-0.39, 0.29) is 12.5 Å². The highest BCUT2D eigenvalue weighted by Gasteiger charge is 2.10. The average Bonchev–Trinajstić information content (AvgIpc) is 3.08. The molecule has 0 bridgehead atoms. The summed E-state index contributed by atoms with van der Waals surface area (Å²) in [4.78, 5) is 12.4. The molecule has 2 aromatic carbocycles. The van der Waals surface area contributed by atoms with Crippen LogP contribution in [0.2, 0.25) is 0 Å². The highest BCUT2D eigenvalue weighted by atomic mass is 32.2. The van der Waals surface area contributed by atoms with Crippen LogP contribution < -0.4 is 5.32 Å². The van der Waals surface area contributed by atoms with Crippen LogP contribution in [-0.4, -0.2) is 31.1 Å². The van der Waals surface area contributed by atoms with Gasteiger partial charge in [-0.25, -0.2) is 0 Å². The van der Waals surface area contributed by atoms with Crippen molar-refractivity contribution in [2.75, 3.05) is 6.26 Å². The van der Waals surface area contributed by atoms with Gasteiger partial charge in [0, 0.05) is 34.1 Å². The summed E-state index contributed by atoms with van der Waals surface area (Å²) in [5, 5.41) is 10.9. The van der Waals surface area contributed by atoms with E-state index in [0.29, 0.717) is 17.1 Å². The number of carbonyl (C=O) groups excluding carboxylic acids is 1. The number of para-hydroxylation sites is 1. The predicted molar refractivity (Wildman–Crippen MR) is 96.7 cm³/mol. The number of benzene rings is 2. The lowest BCUT2D eigenvalue weighted by atomic mass is 10.1. The summed E-state index contributed by atoms with van der Waals surface area (Å²) < 4.78 is 13.2. The number of hydrogen-bond donors (Lipinski definition) is 1. The normalized spacial score (nSPS) is 11.9. The Labute approximate surface area is 148 Å². The van der Waals surface area contributed by atoms with Crippen molar-refractivity contribution in [3.8, 4) is 5.69 Å². The molecule has 0 saturated carbocycles. The van der Waals surface area contributed by atoms with Crippen LogP contribution in [-0.2, 0) is 23.1 Å². The average molecular weight is 354 g/mol. The molecule has 3 aromatic rings. The molecule has 0 radical (unpaired) electrons. The van der Waals surface area contributed by atoms with Crippen molar-refractivity contribution in [2.24, 2.45) is 0 Å². The molecule has 128 valence electrons. The van der Waals surface area contributed by atoms with E-state index in [1.54, 1.807) is 30.8 Å². The van der Waals surface area contributed by atoms with Crippen LogP contribution in [0.15, 0.2) is 60.9 Å². The van der Waals surface area contributed by atoms with Crippen LogP contribution in [0, 0.1) is 0 Å². The summed E-state index contributed by atoms with van der Waals surface area (Å²) in [6, 6.07) is 16.9. The van der Waals surface area contributed by atoms with Gasteiger partial charge >= 0.3 is 0 Å². The molecule has 1 atom stereocenters. The zero-order valence-electron chi connectivity index (χ0n) is 13.8. The summed E-state index contributed by atoms with van der Waals surface area (Å²) >= 11 is 0. The topological polar surface area (TPSA) is 76.9 Å². The van der Waals surface area contributed by atoms with Crippen LogP contribution >= 0.6 is 0 Å². The largest absolute Gasteiger partial charge is 0.345 e. The second kappa shape index (κ2) is 7.85. The second-order valence-corrected chi connectivity index (χ2v) is 6.99. The summed E-state index contributed by atoms with van der Waals surface area (Å²) in [5.41, 5.74) is 2.35. The SMILES string of the molecule is CS(=O)Cc1cccc(C(=O)NCc2nncn2-c2ccccc2)c1. The van der Waals surface area contributed by atoms with Crippen LogP contribution in [0.1, 0.15) is 21.7 Å². The quantitative estimate of drug-likeness (QED) is 0.735. The molecule has 1 unspecified atom stereocenters. The van der Waals surface area contributed by atoms with E-state index in [2.05, 4.69) is 15.5 Å². The summed E-state index contributed by atoms with van der Waals surface area (Å²) in [6.45, 7) is 0.262. The number of hydrogen-bond acceptors (Lipinski definition) is 4. The van der Waals surface area contributed by atoms with Gasteiger partial charge in [-0.15, -0.1) is 10.2 Å². The molecule has 0 fully saturated rings. The molecule has 6 nitrogen and oxygen atoms in total. The zero-order valence-corrected chi connectivity index (χ0v) is 14.6. The standard InChI is InChI=1S/C18H18N4O2S/c1-25(24)12-14-6-5-7-15(10-14)18(23)19-11-17-21-20-13-22(17)16-8-3-2-4-9-16/h2-10,13H,11-12H2,1H3,(H,19,23). The van der Waals surface area contributed by atoms with Crippen LogP contribution in [0.5, 0.6) is 0 Å². The fraction of sp³-hybridized carbons (Fsp3) is 0.167. The van der Waals surface area contributed by atoms with Crippen molar-refractivity contribution < 1.29 is 9.00 Å². The van der Waals surface area contributed by atoms with E-state index >= 15 is 0 Å². The Morgan fingerprint density at radius 1 is 1.16 bits per heavy atom. The van der Waals surface area contributed by atoms with Gasteiger partial charge in [0.15, 0.2) is 5.82 Å². The fourth-order valence-corrected chi connectivity index (χ4v) is 3.13. The van der Waals surface area contributed by atoms with Gasteiger partial charge < -0.3 is 5.32 Å². The molecule has 7 heteroatoms. The van der Waals surface area contributed by atoms with Crippen molar-refractivity contribution in [2.45, 2.75) is 12.3 Å². The van der Waals surface area contributed by atoms with Gasteiger partial charge in [0.1, 0.15) is 6.33 Å². The minimum absolute atomic E-state index is 0.202. The van der Waals surface area contributed by atoms with Gasteiger partial charge in [-0.1, -0.05) is 30.3 Å². The Kier molecular flexibility index (Phi) is 5.35. The number of nitrogens with zero attached hydrogens (tertiary/aromatic N) is 3. The maximum Gasteiger partial charge on any atom is 0.251 e. The Bertz CT molecular complexity index is 893. The third-order valence-corrected chi connectivity index (χ3v) is 4.36. The highest BCUT2D eigenvalue weighted by Crippen LogP contribution is 2.10. The minimum atomic E-state index is -0.944. The number of carbonyl (C=O) groups is 1. The zero-order chi connectivity index (χ0) is 17.6. The third kappa shape index (κ3) is 4.39. The van der Waals surface area contributed by atoms with E-state index in [9.17, 15) is 9.00 Å². The second-order valence-electron chi connectivity index (χ2n) is 5.55. The molecular weight excluding hydrogens is 336 g/mol. The molecule has 0 aliphatic carbocycles. The molecule has 3 rings (SSSR count). The maximum absolute atomic E-state index is 12.4. The molecular formula is C18H18N4O2S. The first kappa shape index (κ1) is 17.0. The van der Waals surface area contributed by atoms with Gasteiger partial charge in [-0.05, 0) is 29.8 Å². The molecule has 0 aliphatic heterocycles. The fourth-order valence-electron chi connectivity index (χ4n) is 2.48. The van der Waals surface area contributed by atoms with Gasteiger partial charge in [-0.2, -0.15) is 0 Å². The number of rotatable bonds is 6. The first-order valence-electron chi connectivity index (χ1n) is 7.75. The Balaban J connectivity index is 1.70. The Hall–Kier alpha value is -2.80. The van der Waals surface area contributed by atoms with Crippen molar-refractivity contribution in [3.05, 3.63) is 77.9 Å². The van der Waals surface area contributed by atoms with Gasteiger partial charge in [0.2, 0.25) is 0 Å². The van der Waals surface area contributed by atoms with Gasteiger partial charge in [0.25, 0.3) is 5.91 Å². The molecule has 1 heterocycles. The Morgan fingerprint density at radius 3 is 2.72 bits per heavy atom. The molecule has 25 heavy (non-hydrogen) atoms. The summed E-state index contributed by atoms with van der Waals surface area (Å²) in [7, 11) is -0.944. The van der Waals surface area contributed by atoms with Crippen molar-refractivity contribution >= 4 is 16.7 Å². The first-order chi connectivity index (χ1) is 12.1. The maximum atomic E-state index is 12.4.